The number of amides is 2. The number of carboxylic acid groups (broad SMARTS) is 1. The monoisotopic (exact) mass is 288 g/mol. The van der Waals surface area contributed by atoms with Gasteiger partial charge in [-0.3, -0.25) is 4.79 Å². The number of hydrogen-bond acceptors (Lipinski definition) is 4. The van der Waals surface area contributed by atoms with Gasteiger partial charge in [0.05, 0.1) is 12.5 Å². The lowest BCUT2D eigenvalue weighted by Gasteiger charge is -2.32. The van der Waals surface area contributed by atoms with Crippen LogP contribution < -0.4 is 5.32 Å². The molecule has 0 aromatic carbocycles. The molecule has 7 nitrogen and oxygen atoms in total. The summed E-state index contributed by atoms with van der Waals surface area (Å²) < 4.78 is 5.01. The van der Waals surface area contributed by atoms with E-state index >= 15 is 0 Å². The van der Waals surface area contributed by atoms with Crippen molar-refractivity contribution in [3.05, 3.63) is 0 Å². The van der Waals surface area contributed by atoms with Crippen molar-refractivity contribution in [2.75, 3.05) is 33.4 Å². The Balaban J connectivity index is 2.35. The van der Waals surface area contributed by atoms with Gasteiger partial charge in [0.2, 0.25) is 0 Å². The van der Waals surface area contributed by atoms with Crippen LogP contribution in [0.4, 0.5) is 4.79 Å². The lowest BCUT2D eigenvalue weighted by molar-refractivity contribution is -0.139. The molecule has 1 aliphatic heterocycles. The van der Waals surface area contributed by atoms with Crippen molar-refractivity contribution in [3.63, 3.8) is 0 Å². The summed E-state index contributed by atoms with van der Waals surface area (Å²) in [6.07, 6.45) is 2.02. The maximum Gasteiger partial charge on any atom is 0.317 e. The fraction of sp³-hybridized carbons (Fsp3) is 0.846. The zero-order chi connectivity index (χ0) is 15.0. The highest BCUT2D eigenvalue weighted by Crippen LogP contribution is 2.19. The van der Waals surface area contributed by atoms with Crippen molar-refractivity contribution < 1.29 is 24.5 Å². The van der Waals surface area contributed by atoms with Gasteiger partial charge in [-0.15, -0.1) is 0 Å². The third-order valence-corrected chi connectivity index (χ3v) is 3.56. The molecule has 0 saturated carbocycles. The number of aliphatic hydroxyl groups excluding tert-OH is 1. The second-order valence-electron chi connectivity index (χ2n) is 5.11. The van der Waals surface area contributed by atoms with Crippen LogP contribution in [0.5, 0.6) is 0 Å². The second-order valence-corrected chi connectivity index (χ2v) is 5.11. The molecule has 2 amide bonds. The van der Waals surface area contributed by atoms with Gasteiger partial charge in [0, 0.05) is 33.4 Å². The van der Waals surface area contributed by atoms with Crippen molar-refractivity contribution in [2.24, 2.45) is 5.92 Å². The summed E-state index contributed by atoms with van der Waals surface area (Å²) in [6, 6.07) is -0.194. The fourth-order valence-corrected chi connectivity index (χ4v) is 2.41. The Kier molecular flexibility index (Phi) is 7.32. The van der Waals surface area contributed by atoms with E-state index in [1.54, 1.807) is 4.90 Å². The first kappa shape index (κ1) is 16.7. The average Bonchev–Trinajstić information content (AvgIpc) is 2.43. The molecule has 0 aliphatic carbocycles. The highest BCUT2D eigenvalue weighted by molar-refractivity contribution is 5.74. The molecule has 116 valence electrons. The summed E-state index contributed by atoms with van der Waals surface area (Å²) in [7, 11) is 1.43. The Morgan fingerprint density at radius 2 is 2.25 bits per heavy atom. The van der Waals surface area contributed by atoms with Crippen LogP contribution in [0.2, 0.25) is 0 Å². The molecule has 3 N–H and O–H groups in total. The molecule has 1 heterocycles. The number of likely N-dealkylation sites (tertiary alicyclic amines) is 1. The average molecular weight is 288 g/mol. The number of urea groups is 1. The van der Waals surface area contributed by atoms with Gasteiger partial charge >= 0.3 is 12.0 Å². The minimum absolute atomic E-state index is 0.135. The van der Waals surface area contributed by atoms with Gasteiger partial charge < -0.3 is 25.2 Å². The van der Waals surface area contributed by atoms with E-state index in [-0.39, 0.29) is 25.6 Å². The van der Waals surface area contributed by atoms with Gasteiger partial charge in [-0.25, -0.2) is 4.79 Å². The topological polar surface area (TPSA) is 99.1 Å². The van der Waals surface area contributed by atoms with Crippen molar-refractivity contribution in [1.29, 1.82) is 0 Å². The second kappa shape index (κ2) is 8.76. The molecule has 1 rings (SSSR count). The van der Waals surface area contributed by atoms with Crippen molar-refractivity contribution >= 4 is 12.0 Å². The molecule has 20 heavy (non-hydrogen) atoms. The molecule has 1 fully saturated rings. The minimum Gasteiger partial charge on any atom is -0.481 e. The number of aliphatic carboxylic acids is 1. The number of piperidine rings is 1. The van der Waals surface area contributed by atoms with Gasteiger partial charge in [-0.2, -0.15) is 0 Å². The number of nitrogens with zero attached hydrogens (tertiary/aromatic N) is 1. The third-order valence-electron chi connectivity index (χ3n) is 3.56. The molecule has 0 aromatic heterocycles. The first-order chi connectivity index (χ1) is 9.56. The van der Waals surface area contributed by atoms with Crippen LogP contribution in [0.15, 0.2) is 0 Å². The van der Waals surface area contributed by atoms with E-state index in [0.717, 1.165) is 12.8 Å². The van der Waals surface area contributed by atoms with Crippen molar-refractivity contribution in [3.8, 4) is 0 Å². The highest BCUT2D eigenvalue weighted by Gasteiger charge is 2.24. The van der Waals surface area contributed by atoms with Crippen LogP contribution in [0.3, 0.4) is 0 Å². The molecule has 0 spiro atoms. The fourth-order valence-electron chi connectivity index (χ4n) is 2.41. The summed E-state index contributed by atoms with van der Waals surface area (Å²) >= 11 is 0. The maximum absolute atomic E-state index is 12.0. The van der Waals surface area contributed by atoms with Crippen molar-refractivity contribution in [1.82, 2.24) is 10.2 Å². The van der Waals surface area contributed by atoms with Crippen LogP contribution >= 0.6 is 0 Å². The standard InChI is InChI=1S/C13H24N2O5/c1-20-11(7-12(17)18)8-14-13(19)15-5-2-3-10(9-15)4-6-16/h10-11,16H,2-9H2,1H3,(H,14,19)(H,17,18). The van der Waals surface area contributed by atoms with Crippen LogP contribution in [-0.4, -0.2) is 66.6 Å². The summed E-state index contributed by atoms with van der Waals surface area (Å²) in [5.74, 6) is -0.608. The molecular formula is C13H24N2O5. The molecule has 1 aliphatic rings. The van der Waals surface area contributed by atoms with Gasteiger partial charge in [-0.05, 0) is 25.2 Å². The van der Waals surface area contributed by atoms with Crippen LogP contribution in [0.25, 0.3) is 0 Å². The highest BCUT2D eigenvalue weighted by atomic mass is 16.5. The summed E-state index contributed by atoms with van der Waals surface area (Å²) in [4.78, 5) is 24.3. The Labute approximate surface area is 118 Å². The number of ether oxygens (including phenoxy) is 1. The summed E-state index contributed by atoms with van der Waals surface area (Å²) in [5.41, 5.74) is 0. The Morgan fingerprint density at radius 3 is 2.85 bits per heavy atom. The number of carbonyl (C=O) groups excluding carboxylic acids is 1. The molecule has 1 saturated heterocycles. The normalized spacial score (nSPS) is 20.5. The van der Waals surface area contributed by atoms with Crippen molar-refractivity contribution in [2.45, 2.75) is 31.8 Å². The SMILES string of the molecule is COC(CNC(=O)N1CCCC(CCO)C1)CC(=O)O. The number of carboxylic acids is 1. The Bertz CT molecular complexity index is 322. The van der Waals surface area contributed by atoms with E-state index < -0.39 is 12.1 Å². The largest absolute Gasteiger partial charge is 0.481 e. The predicted molar refractivity (Wildman–Crippen MR) is 72.4 cm³/mol. The Morgan fingerprint density at radius 1 is 1.50 bits per heavy atom. The molecular weight excluding hydrogens is 264 g/mol. The van der Waals surface area contributed by atoms with E-state index in [0.29, 0.717) is 25.4 Å². The number of hydrogen-bond donors (Lipinski definition) is 3. The number of nitrogens with one attached hydrogen (secondary N) is 1. The smallest absolute Gasteiger partial charge is 0.317 e. The molecule has 0 radical (unpaired) electrons. The third kappa shape index (κ3) is 5.75. The molecule has 2 atom stereocenters. The minimum atomic E-state index is -0.952. The van der Waals surface area contributed by atoms with E-state index in [1.807, 2.05) is 0 Å². The van der Waals surface area contributed by atoms with Crippen LogP contribution in [-0.2, 0) is 9.53 Å². The number of aliphatic hydroxyl groups is 1. The molecule has 0 aromatic rings. The van der Waals surface area contributed by atoms with E-state index in [1.165, 1.54) is 7.11 Å². The summed E-state index contributed by atoms with van der Waals surface area (Å²) in [5, 5.41) is 20.3. The predicted octanol–water partition coefficient (Wildman–Crippen LogP) is 0.280. The summed E-state index contributed by atoms with van der Waals surface area (Å²) in [6.45, 7) is 1.67. The Hall–Kier alpha value is -1.34. The van der Waals surface area contributed by atoms with Gasteiger partial charge in [0.1, 0.15) is 0 Å². The first-order valence-corrected chi connectivity index (χ1v) is 6.95. The molecule has 0 bridgehead atoms. The molecule has 7 heteroatoms. The van der Waals surface area contributed by atoms with Gasteiger partial charge in [0.15, 0.2) is 0 Å². The van der Waals surface area contributed by atoms with E-state index in [9.17, 15) is 9.59 Å². The molecule has 2 unspecified atom stereocenters. The van der Waals surface area contributed by atoms with E-state index in [2.05, 4.69) is 5.32 Å². The first-order valence-electron chi connectivity index (χ1n) is 6.95. The number of carbonyl (C=O) groups is 2. The lowest BCUT2D eigenvalue weighted by atomic mass is 9.95. The quantitative estimate of drug-likeness (QED) is 0.625. The van der Waals surface area contributed by atoms with E-state index in [4.69, 9.17) is 14.9 Å². The zero-order valence-electron chi connectivity index (χ0n) is 11.9. The number of methoxy groups -OCH3 is 1. The van der Waals surface area contributed by atoms with Crippen LogP contribution in [0.1, 0.15) is 25.7 Å². The number of rotatable bonds is 7. The van der Waals surface area contributed by atoms with Gasteiger partial charge in [-0.1, -0.05) is 0 Å². The van der Waals surface area contributed by atoms with Gasteiger partial charge in [0.25, 0.3) is 0 Å². The zero-order valence-corrected chi connectivity index (χ0v) is 11.9. The lowest BCUT2D eigenvalue weighted by Crippen LogP contribution is -2.47. The maximum atomic E-state index is 12.0. The van der Waals surface area contributed by atoms with Crippen LogP contribution in [0, 0.1) is 5.92 Å².